The Kier molecular flexibility index (Phi) is 3.21. The lowest BCUT2D eigenvalue weighted by Crippen LogP contribution is -2.35. The fourth-order valence-corrected chi connectivity index (χ4v) is 3.44. The van der Waals surface area contributed by atoms with Gasteiger partial charge in [-0.3, -0.25) is 4.79 Å². The maximum atomic E-state index is 12.4. The van der Waals surface area contributed by atoms with E-state index in [9.17, 15) is 4.79 Å². The molecule has 0 aliphatic carbocycles. The second-order valence-corrected chi connectivity index (χ2v) is 5.93. The van der Waals surface area contributed by atoms with Crippen LogP contribution in [0.15, 0.2) is 29.6 Å². The van der Waals surface area contributed by atoms with Crippen LogP contribution in [0.5, 0.6) is 0 Å². The summed E-state index contributed by atoms with van der Waals surface area (Å²) in [5, 5.41) is 2.37. The standard InChI is InChI=1S/C14H13ClN2OS/c15-12-4-6-19-13(12)14(18)17-5-3-9-1-2-11(16)7-10(9)8-17/h1-2,4,6-7H,3,5,8,16H2. The van der Waals surface area contributed by atoms with Crippen LogP contribution in [0.4, 0.5) is 5.69 Å². The van der Waals surface area contributed by atoms with E-state index in [0.29, 0.717) is 16.4 Å². The molecule has 19 heavy (non-hydrogen) atoms. The molecular weight excluding hydrogens is 280 g/mol. The number of nitrogen functional groups attached to an aromatic ring is 1. The van der Waals surface area contributed by atoms with Gasteiger partial charge in [-0.15, -0.1) is 11.3 Å². The summed E-state index contributed by atoms with van der Waals surface area (Å²) in [6.45, 7) is 1.33. The molecule has 0 fully saturated rings. The number of carbonyl (C=O) groups excluding carboxylic acids is 1. The first-order chi connectivity index (χ1) is 9.15. The van der Waals surface area contributed by atoms with E-state index >= 15 is 0 Å². The maximum absolute atomic E-state index is 12.4. The Balaban J connectivity index is 1.86. The van der Waals surface area contributed by atoms with Crippen LogP contribution in [-0.2, 0) is 13.0 Å². The van der Waals surface area contributed by atoms with E-state index in [1.165, 1.54) is 16.9 Å². The Morgan fingerprint density at radius 3 is 2.89 bits per heavy atom. The largest absolute Gasteiger partial charge is 0.399 e. The molecule has 5 heteroatoms. The number of hydrogen-bond acceptors (Lipinski definition) is 3. The molecule has 0 spiro atoms. The number of carbonyl (C=O) groups is 1. The second kappa shape index (κ2) is 4.87. The van der Waals surface area contributed by atoms with E-state index in [1.807, 2.05) is 28.5 Å². The number of benzene rings is 1. The quantitative estimate of drug-likeness (QED) is 0.821. The van der Waals surface area contributed by atoms with Crippen molar-refractivity contribution in [3.8, 4) is 0 Å². The van der Waals surface area contributed by atoms with E-state index in [1.54, 1.807) is 6.07 Å². The molecule has 0 saturated heterocycles. The third-order valence-electron chi connectivity index (χ3n) is 3.34. The molecule has 0 radical (unpaired) electrons. The maximum Gasteiger partial charge on any atom is 0.265 e. The van der Waals surface area contributed by atoms with Gasteiger partial charge in [-0.25, -0.2) is 0 Å². The van der Waals surface area contributed by atoms with Crippen molar-refractivity contribution in [1.29, 1.82) is 0 Å². The van der Waals surface area contributed by atoms with E-state index in [2.05, 4.69) is 0 Å². The van der Waals surface area contributed by atoms with Crippen molar-refractivity contribution in [3.63, 3.8) is 0 Å². The molecule has 0 unspecified atom stereocenters. The first-order valence-electron chi connectivity index (χ1n) is 6.04. The molecule has 3 nitrogen and oxygen atoms in total. The number of thiophene rings is 1. The van der Waals surface area contributed by atoms with Gasteiger partial charge in [0.25, 0.3) is 5.91 Å². The topological polar surface area (TPSA) is 46.3 Å². The first kappa shape index (κ1) is 12.5. The van der Waals surface area contributed by atoms with Crippen molar-refractivity contribution in [1.82, 2.24) is 4.90 Å². The van der Waals surface area contributed by atoms with Gasteiger partial charge in [0.2, 0.25) is 0 Å². The van der Waals surface area contributed by atoms with Crippen molar-refractivity contribution in [3.05, 3.63) is 50.7 Å². The Hall–Kier alpha value is -1.52. The predicted molar refractivity (Wildman–Crippen MR) is 78.6 cm³/mol. The number of rotatable bonds is 1. The molecule has 1 aliphatic rings. The van der Waals surface area contributed by atoms with Gasteiger partial charge >= 0.3 is 0 Å². The molecule has 1 amide bonds. The van der Waals surface area contributed by atoms with E-state index < -0.39 is 0 Å². The van der Waals surface area contributed by atoms with Crippen LogP contribution in [0.3, 0.4) is 0 Å². The van der Waals surface area contributed by atoms with E-state index in [0.717, 1.165) is 24.2 Å². The summed E-state index contributed by atoms with van der Waals surface area (Å²) in [6.07, 6.45) is 0.865. The molecule has 2 N–H and O–H groups in total. The van der Waals surface area contributed by atoms with E-state index in [4.69, 9.17) is 17.3 Å². The highest BCUT2D eigenvalue weighted by Crippen LogP contribution is 2.27. The molecule has 3 rings (SSSR count). The monoisotopic (exact) mass is 292 g/mol. The fraction of sp³-hybridized carbons (Fsp3) is 0.214. The van der Waals surface area contributed by atoms with Crippen LogP contribution in [-0.4, -0.2) is 17.4 Å². The van der Waals surface area contributed by atoms with Gasteiger partial charge in [0.1, 0.15) is 4.88 Å². The number of amides is 1. The van der Waals surface area contributed by atoms with Crippen molar-refractivity contribution < 1.29 is 4.79 Å². The zero-order chi connectivity index (χ0) is 13.4. The highest BCUT2D eigenvalue weighted by atomic mass is 35.5. The van der Waals surface area contributed by atoms with Gasteiger partial charge in [-0.05, 0) is 41.1 Å². The lowest BCUT2D eigenvalue weighted by Gasteiger charge is -2.28. The number of hydrogen-bond donors (Lipinski definition) is 1. The lowest BCUT2D eigenvalue weighted by atomic mass is 9.99. The molecule has 2 aromatic rings. The van der Waals surface area contributed by atoms with Crippen molar-refractivity contribution in [2.24, 2.45) is 0 Å². The van der Waals surface area contributed by atoms with Crippen LogP contribution >= 0.6 is 22.9 Å². The number of nitrogens with two attached hydrogens (primary N) is 1. The Morgan fingerprint density at radius 2 is 2.16 bits per heavy atom. The minimum absolute atomic E-state index is 0.00748. The summed E-state index contributed by atoms with van der Waals surface area (Å²) >= 11 is 7.41. The SMILES string of the molecule is Nc1ccc2c(c1)CN(C(=O)c1sccc1Cl)CC2. The number of nitrogens with zero attached hydrogens (tertiary/aromatic N) is 1. The normalized spacial score (nSPS) is 14.3. The summed E-state index contributed by atoms with van der Waals surface area (Å²) in [6, 6.07) is 7.66. The van der Waals surface area contributed by atoms with Gasteiger partial charge in [-0.2, -0.15) is 0 Å². The molecule has 1 aromatic carbocycles. The average Bonchev–Trinajstić information content (AvgIpc) is 2.83. The Bertz CT molecular complexity index is 638. The number of halogens is 1. The highest BCUT2D eigenvalue weighted by molar-refractivity contribution is 7.12. The Labute approximate surface area is 120 Å². The zero-order valence-corrected chi connectivity index (χ0v) is 11.8. The Morgan fingerprint density at radius 1 is 1.32 bits per heavy atom. The van der Waals surface area contributed by atoms with Crippen LogP contribution in [0, 0.1) is 0 Å². The molecule has 2 heterocycles. The number of fused-ring (bicyclic) bond motifs is 1. The van der Waals surface area contributed by atoms with E-state index in [-0.39, 0.29) is 5.91 Å². The predicted octanol–water partition coefficient (Wildman–Crippen LogP) is 3.18. The van der Waals surface area contributed by atoms with Crippen LogP contribution in [0.1, 0.15) is 20.8 Å². The minimum atomic E-state index is 0.00748. The molecule has 1 aliphatic heterocycles. The van der Waals surface area contributed by atoms with Crippen molar-refractivity contribution in [2.45, 2.75) is 13.0 Å². The number of anilines is 1. The van der Waals surface area contributed by atoms with Gasteiger partial charge in [-0.1, -0.05) is 17.7 Å². The molecule has 0 atom stereocenters. The molecule has 98 valence electrons. The third-order valence-corrected chi connectivity index (χ3v) is 4.67. The van der Waals surface area contributed by atoms with Crippen molar-refractivity contribution in [2.75, 3.05) is 12.3 Å². The molecule has 0 saturated carbocycles. The van der Waals surface area contributed by atoms with Crippen LogP contribution in [0.25, 0.3) is 0 Å². The summed E-state index contributed by atoms with van der Waals surface area (Å²) in [4.78, 5) is 14.8. The van der Waals surface area contributed by atoms with Crippen LogP contribution < -0.4 is 5.73 Å². The minimum Gasteiger partial charge on any atom is -0.399 e. The molecular formula is C14H13ClN2OS. The van der Waals surface area contributed by atoms with Gasteiger partial charge in [0.05, 0.1) is 5.02 Å². The smallest absolute Gasteiger partial charge is 0.265 e. The van der Waals surface area contributed by atoms with Crippen molar-refractivity contribution >= 4 is 34.5 Å². The molecule has 1 aromatic heterocycles. The lowest BCUT2D eigenvalue weighted by molar-refractivity contribution is 0.0740. The highest BCUT2D eigenvalue weighted by Gasteiger charge is 2.24. The van der Waals surface area contributed by atoms with Gasteiger partial charge < -0.3 is 10.6 Å². The van der Waals surface area contributed by atoms with Gasteiger partial charge in [0, 0.05) is 18.8 Å². The third kappa shape index (κ3) is 2.33. The van der Waals surface area contributed by atoms with Gasteiger partial charge in [0.15, 0.2) is 0 Å². The summed E-state index contributed by atoms with van der Waals surface area (Å²) in [5.74, 6) is 0.00748. The zero-order valence-electron chi connectivity index (χ0n) is 10.2. The summed E-state index contributed by atoms with van der Waals surface area (Å²) < 4.78 is 0. The summed E-state index contributed by atoms with van der Waals surface area (Å²) in [5.41, 5.74) is 8.94. The summed E-state index contributed by atoms with van der Waals surface area (Å²) in [7, 11) is 0. The second-order valence-electron chi connectivity index (χ2n) is 4.60. The fourth-order valence-electron chi connectivity index (χ4n) is 2.34. The average molecular weight is 293 g/mol. The first-order valence-corrected chi connectivity index (χ1v) is 7.30. The van der Waals surface area contributed by atoms with Crippen LogP contribution in [0.2, 0.25) is 5.02 Å². The molecule has 0 bridgehead atoms.